The maximum absolute atomic E-state index is 12.8. The molecule has 1 aromatic carbocycles. The van der Waals surface area contributed by atoms with Crippen molar-refractivity contribution < 1.29 is 17.9 Å². The van der Waals surface area contributed by atoms with Gasteiger partial charge in [-0.15, -0.1) is 0 Å². The zero-order chi connectivity index (χ0) is 14.0. The number of benzene rings is 1. The van der Waals surface area contributed by atoms with Gasteiger partial charge in [0.25, 0.3) is 0 Å². The molecule has 1 N–H and O–H groups in total. The van der Waals surface area contributed by atoms with Gasteiger partial charge >= 0.3 is 6.18 Å². The van der Waals surface area contributed by atoms with E-state index in [0.717, 1.165) is 18.9 Å². The predicted octanol–water partition coefficient (Wildman–Crippen LogP) is 3.99. The molecule has 1 heterocycles. The largest absolute Gasteiger partial charge is 0.416 e. The molecule has 0 aromatic heterocycles. The first-order chi connectivity index (χ1) is 8.86. The number of hydrogen-bond donors (Lipinski definition) is 1. The highest BCUT2D eigenvalue weighted by atomic mass is 19.4. The van der Waals surface area contributed by atoms with E-state index in [1.54, 1.807) is 6.07 Å². The molecule has 106 valence electrons. The summed E-state index contributed by atoms with van der Waals surface area (Å²) >= 11 is 0. The van der Waals surface area contributed by atoms with Crippen molar-refractivity contribution in [2.24, 2.45) is 0 Å². The van der Waals surface area contributed by atoms with Gasteiger partial charge in [0.2, 0.25) is 0 Å². The minimum Gasteiger partial charge on any atom is -0.382 e. The Kier molecular flexibility index (Phi) is 4.04. The number of ether oxygens (including phenoxy) is 1. The fourth-order valence-corrected chi connectivity index (χ4v) is 2.30. The third-order valence-electron chi connectivity index (χ3n) is 3.40. The third kappa shape index (κ3) is 3.62. The SMILES string of the molecule is Cc1ccc(NCC2CCC(C)O2)cc1C(F)(F)F. The molecule has 0 radical (unpaired) electrons. The van der Waals surface area contributed by atoms with Crippen LogP contribution in [-0.4, -0.2) is 18.8 Å². The number of anilines is 1. The van der Waals surface area contributed by atoms with Gasteiger partial charge in [-0.3, -0.25) is 0 Å². The average Bonchev–Trinajstić information content (AvgIpc) is 2.72. The molecule has 19 heavy (non-hydrogen) atoms. The Morgan fingerprint density at radius 2 is 2.05 bits per heavy atom. The zero-order valence-corrected chi connectivity index (χ0v) is 11.1. The quantitative estimate of drug-likeness (QED) is 0.899. The fourth-order valence-electron chi connectivity index (χ4n) is 2.30. The number of aryl methyl sites for hydroxylation is 1. The van der Waals surface area contributed by atoms with Gasteiger partial charge in [0.05, 0.1) is 17.8 Å². The average molecular weight is 273 g/mol. The highest BCUT2D eigenvalue weighted by molar-refractivity contribution is 5.49. The van der Waals surface area contributed by atoms with Crippen LogP contribution in [0.3, 0.4) is 0 Å². The Morgan fingerprint density at radius 3 is 2.63 bits per heavy atom. The lowest BCUT2D eigenvalue weighted by molar-refractivity contribution is -0.138. The summed E-state index contributed by atoms with van der Waals surface area (Å²) in [6.45, 7) is 4.02. The van der Waals surface area contributed by atoms with E-state index < -0.39 is 11.7 Å². The van der Waals surface area contributed by atoms with Crippen LogP contribution in [-0.2, 0) is 10.9 Å². The van der Waals surface area contributed by atoms with E-state index in [1.807, 2.05) is 6.92 Å². The van der Waals surface area contributed by atoms with E-state index in [4.69, 9.17) is 4.74 Å². The molecule has 1 fully saturated rings. The normalized spacial score (nSPS) is 23.6. The molecule has 1 saturated heterocycles. The molecule has 0 bridgehead atoms. The standard InChI is InChI=1S/C14H18F3NO/c1-9-3-5-11(7-13(9)14(15,16)17)18-8-12-6-4-10(2)19-12/h3,5,7,10,12,18H,4,6,8H2,1-2H3. The summed E-state index contributed by atoms with van der Waals surface area (Å²) in [7, 11) is 0. The zero-order valence-electron chi connectivity index (χ0n) is 11.1. The van der Waals surface area contributed by atoms with Gasteiger partial charge in [0.1, 0.15) is 0 Å². The molecule has 1 aliphatic rings. The Bertz CT molecular complexity index is 445. The molecule has 1 aromatic rings. The molecule has 0 aliphatic carbocycles. The number of hydrogen-bond acceptors (Lipinski definition) is 2. The summed E-state index contributed by atoms with van der Waals surface area (Å²) in [6, 6.07) is 4.32. The maximum atomic E-state index is 12.8. The Balaban J connectivity index is 2.01. The predicted molar refractivity (Wildman–Crippen MR) is 68.2 cm³/mol. The number of nitrogens with one attached hydrogen (secondary N) is 1. The minimum absolute atomic E-state index is 0.0886. The first-order valence-corrected chi connectivity index (χ1v) is 6.43. The third-order valence-corrected chi connectivity index (χ3v) is 3.40. The summed E-state index contributed by atoms with van der Waals surface area (Å²) < 4.78 is 43.9. The van der Waals surface area contributed by atoms with Gasteiger partial charge in [-0.1, -0.05) is 6.07 Å². The van der Waals surface area contributed by atoms with Crippen molar-refractivity contribution in [2.45, 2.75) is 45.1 Å². The molecule has 2 rings (SSSR count). The van der Waals surface area contributed by atoms with E-state index in [0.29, 0.717) is 12.2 Å². The van der Waals surface area contributed by atoms with Crippen LogP contribution in [0.25, 0.3) is 0 Å². The molecule has 2 atom stereocenters. The van der Waals surface area contributed by atoms with Crippen LogP contribution in [0.15, 0.2) is 18.2 Å². The lowest BCUT2D eigenvalue weighted by Gasteiger charge is -2.16. The van der Waals surface area contributed by atoms with E-state index in [1.165, 1.54) is 13.0 Å². The minimum atomic E-state index is -4.31. The van der Waals surface area contributed by atoms with E-state index in [-0.39, 0.29) is 17.8 Å². The lowest BCUT2D eigenvalue weighted by Crippen LogP contribution is -2.20. The van der Waals surface area contributed by atoms with E-state index in [2.05, 4.69) is 5.32 Å². The molecule has 2 unspecified atom stereocenters. The van der Waals surface area contributed by atoms with Crippen molar-refractivity contribution in [3.05, 3.63) is 29.3 Å². The van der Waals surface area contributed by atoms with Gasteiger partial charge in [0, 0.05) is 12.2 Å². The molecular weight excluding hydrogens is 255 g/mol. The Hall–Kier alpha value is -1.23. The molecule has 0 amide bonds. The maximum Gasteiger partial charge on any atom is 0.416 e. The molecule has 0 spiro atoms. The van der Waals surface area contributed by atoms with Crippen LogP contribution in [0.2, 0.25) is 0 Å². The molecule has 1 aliphatic heterocycles. The van der Waals surface area contributed by atoms with Crippen molar-refractivity contribution in [2.75, 3.05) is 11.9 Å². The number of alkyl halides is 3. The monoisotopic (exact) mass is 273 g/mol. The summed E-state index contributed by atoms with van der Waals surface area (Å²) in [5.74, 6) is 0. The van der Waals surface area contributed by atoms with Crippen LogP contribution in [0, 0.1) is 6.92 Å². The van der Waals surface area contributed by atoms with Gasteiger partial charge < -0.3 is 10.1 Å². The molecule has 0 saturated carbocycles. The van der Waals surface area contributed by atoms with Crippen LogP contribution in [0.1, 0.15) is 30.9 Å². The summed E-state index contributed by atoms with van der Waals surface area (Å²) in [4.78, 5) is 0. The van der Waals surface area contributed by atoms with Crippen LogP contribution in [0.4, 0.5) is 18.9 Å². The summed E-state index contributed by atoms with van der Waals surface area (Å²) in [5.41, 5.74) is 0.142. The smallest absolute Gasteiger partial charge is 0.382 e. The van der Waals surface area contributed by atoms with Crippen molar-refractivity contribution >= 4 is 5.69 Å². The number of rotatable bonds is 3. The number of halogens is 3. The lowest BCUT2D eigenvalue weighted by atomic mass is 10.1. The van der Waals surface area contributed by atoms with Crippen molar-refractivity contribution in [3.8, 4) is 0 Å². The van der Waals surface area contributed by atoms with Gasteiger partial charge in [-0.05, 0) is 44.4 Å². The Labute approximate surface area is 111 Å². The highest BCUT2D eigenvalue weighted by Crippen LogP contribution is 2.33. The van der Waals surface area contributed by atoms with E-state index >= 15 is 0 Å². The second-order valence-electron chi connectivity index (χ2n) is 5.05. The Morgan fingerprint density at radius 1 is 1.32 bits per heavy atom. The van der Waals surface area contributed by atoms with Crippen LogP contribution in [0.5, 0.6) is 0 Å². The highest BCUT2D eigenvalue weighted by Gasteiger charge is 2.32. The fraction of sp³-hybridized carbons (Fsp3) is 0.571. The van der Waals surface area contributed by atoms with Gasteiger partial charge in [0.15, 0.2) is 0 Å². The molecular formula is C14H18F3NO. The van der Waals surface area contributed by atoms with Gasteiger partial charge in [-0.2, -0.15) is 13.2 Å². The second kappa shape index (κ2) is 5.41. The van der Waals surface area contributed by atoms with Gasteiger partial charge in [-0.25, -0.2) is 0 Å². The molecule has 5 heteroatoms. The van der Waals surface area contributed by atoms with Crippen molar-refractivity contribution in [3.63, 3.8) is 0 Å². The van der Waals surface area contributed by atoms with Crippen molar-refractivity contribution in [1.29, 1.82) is 0 Å². The van der Waals surface area contributed by atoms with Crippen LogP contribution < -0.4 is 5.32 Å². The van der Waals surface area contributed by atoms with Crippen LogP contribution >= 0.6 is 0 Å². The topological polar surface area (TPSA) is 21.3 Å². The summed E-state index contributed by atoms with van der Waals surface area (Å²) in [6.07, 6.45) is -2.01. The second-order valence-corrected chi connectivity index (χ2v) is 5.05. The van der Waals surface area contributed by atoms with E-state index in [9.17, 15) is 13.2 Å². The summed E-state index contributed by atoms with van der Waals surface area (Å²) in [5, 5.41) is 3.02. The molecule has 2 nitrogen and oxygen atoms in total. The first kappa shape index (κ1) is 14.2. The van der Waals surface area contributed by atoms with Crippen molar-refractivity contribution in [1.82, 2.24) is 0 Å². The first-order valence-electron chi connectivity index (χ1n) is 6.43.